The molecule has 0 N–H and O–H groups in total. The van der Waals surface area contributed by atoms with E-state index in [1.165, 1.54) is 0 Å². The van der Waals surface area contributed by atoms with E-state index in [4.69, 9.17) is 0 Å². The van der Waals surface area contributed by atoms with Crippen LogP contribution in [0.1, 0.15) is 11.5 Å². The molecule has 0 saturated carbocycles. The summed E-state index contributed by atoms with van der Waals surface area (Å²) in [5.74, 6) is -1.49. The van der Waals surface area contributed by atoms with Gasteiger partial charge in [-0.15, -0.1) is 5.10 Å². The van der Waals surface area contributed by atoms with E-state index in [9.17, 15) is 13.2 Å². The van der Waals surface area contributed by atoms with E-state index in [0.717, 1.165) is 11.1 Å². The molecule has 7 nitrogen and oxygen atoms in total. The Labute approximate surface area is 150 Å². The number of hydrogen-bond acceptors (Lipinski definition) is 6. The molecule has 0 saturated heterocycles. The summed E-state index contributed by atoms with van der Waals surface area (Å²) in [7, 11) is 0. The van der Waals surface area contributed by atoms with Gasteiger partial charge in [0.2, 0.25) is 5.82 Å². The molecule has 0 amide bonds. The molecule has 0 aliphatic rings. The first-order valence-electron chi connectivity index (χ1n) is 7.80. The zero-order valence-corrected chi connectivity index (χ0v) is 13.6. The largest absolute Gasteiger partial charge is 0.471 e. The molecular weight excluding hydrogens is 361 g/mol. The minimum Gasteiger partial charge on any atom is -0.329 e. The predicted molar refractivity (Wildman–Crippen MR) is 87.1 cm³/mol. The molecule has 10 heteroatoms. The van der Waals surface area contributed by atoms with Crippen molar-refractivity contribution in [2.45, 2.75) is 12.7 Å². The Kier molecular flexibility index (Phi) is 4.15. The van der Waals surface area contributed by atoms with Crippen molar-refractivity contribution in [1.82, 2.24) is 30.1 Å². The van der Waals surface area contributed by atoms with Crippen molar-refractivity contribution in [2.24, 2.45) is 0 Å². The first-order chi connectivity index (χ1) is 13.0. The summed E-state index contributed by atoms with van der Waals surface area (Å²) in [6, 6.07) is 10.5. The fourth-order valence-electron chi connectivity index (χ4n) is 2.42. The second-order valence-electron chi connectivity index (χ2n) is 5.66. The minimum atomic E-state index is -4.66. The van der Waals surface area contributed by atoms with E-state index in [0.29, 0.717) is 17.8 Å². The Morgan fingerprint density at radius 1 is 1.04 bits per heavy atom. The van der Waals surface area contributed by atoms with Gasteiger partial charge in [-0.3, -0.25) is 4.98 Å². The molecule has 0 aliphatic heterocycles. The molecule has 27 heavy (non-hydrogen) atoms. The topological polar surface area (TPSA) is 82.5 Å². The summed E-state index contributed by atoms with van der Waals surface area (Å²) in [5.41, 5.74) is 2.87. The molecule has 3 heterocycles. The number of nitrogens with zero attached hydrogens (tertiary/aromatic N) is 6. The normalized spacial score (nSPS) is 11.7. The van der Waals surface area contributed by atoms with Crippen LogP contribution in [0, 0.1) is 0 Å². The van der Waals surface area contributed by atoms with Crippen LogP contribution in [0.3, 0.4) is 0 Å². The van der Waals surface area contributed by atoms with Crippen molar-refractivity contribution in [3.05, 3.63) is 66.4 Å². The highest BCUT2D eigenvalue weighted by molar-refractivity contribution is 5.56. The third-order valence-electron chi connectivity index (χ3n) is 3.72. The second kappa shape index (κ2) is 6.63. The zero-order chi connectivity index (χ0) is 18.9. The van der Waals surface area contributed by atoms with E-state index in [1.54, 1.807) is 47.5 Å². The average Bonchev–Trinajstić information content (AvgIpc) is 3.33. The Balaban J connectivity index is 1.49. The summed E-state index contributed by atoms with van der Waals surface area (Å²) in [5, 5.41) is 11.5. The van der Waals surface area contributed by atoms with E-state index >= 15 is 0 Å². The highest BCUT2D eigenvalue weighted by atomic mass is 19.4. The maximum absolute atomic E-state index is 12.5. The van der Waals surface area contributed by atoms with E-state index < -0.39 is 12.1 Å². The van der Waals surface area contributed by atoms with Gasteiger partial charge in [-0.1, -0.05) is 34.6 Å². The summed E-state index contributed by atoms with van der Waals surface area (Å²) in [6.45, 7) is 0.452. The third kappa shape index (κ3) is 3.68. The van der Waals surface area contributed by atoms with Crippen LogP contribution in [0.2, 0.25) is 0 Å². The van der Waals surface area contributed by atoms with Gasteiger partial charge in [0.05, 0.1) is 12.7 Å². The fourth-order valence-corrected chi connectivity index (χ4v) is 2.42. The number of aromatic nitrogens is 6. The first kappa shape index (κ1) is 16.9. The quantitative estimate of drug-likeness (QED) is 0.546. The van der Waals surface area contributed by atoms with Crippen molar-refractivity contribution < 1.29 is 17.7 Å². The van der Waals surface area contributed by atoms with Crippen molar-refractivity contribution >= 4 is 0 Å². The molecule has 1 aromatic carbocycles. The van der Waals surface area contributed by atoms with Gasteiger partial charge >= 0.3 is 12.1 Å². The lowest BCUT2D eigenvalue weighted by Crippen LogP contribution is -2.04. The van der Waals surface area contributed by atoms with Crippen LogP contribution < -0.4 is 0 Å². The van der Waals surface area contributed by atoms with Crippen LogP contribution in [0.4, 0.5) is 13.2 Å². The van der Waals surface area contributed by atoms with Crippen molar-refractivity contribution in [2.75, 3.05) is 0 Å². The Hall–Kier alpha value is -3.56. The molecule has 136 valence electrons. The van der Waals surface area contributed by atoms with E-state index in [1.807, 2.05) is 12.1 Å². The van der Waals surface area contributed by atoms with E-state index in [-0.39, 0.29) is 5.82 Å². The molecule has 0 radical (unpaired) electrons. The van der Waals surface area contributed by atoms with Crippen LogP contribution in [-0.2, 0) is 12.7 Å². The van der Waals surface area contributed by atoms with Gasteiger partial charge < -0.3 is 4.52 Å². The average molecular weight is 372 g/mol. The number of halogens is 3. The van der Waals surface area contributed by atoms with Crippen LogP contribution >= 0.6 is 0 Å². The highest BCUT2D eigenvalue weighted by Crippen LogP contribution is 2.29. The molecule has 0 aliphatic carbocycles. The summed E-state index contributed by atoms with van der Waals surface area (Å²) in [4.78, 5) is 7.41. The first-order valence-corrected chi connectivity index (χ1v) is 7.80. The van der Waals surface area contributed by atoms with Gasteiger partial charge in [0.15, 0.2) is 0 Å². The van der Waals surface area contributed by atoms with Crippen molar-refractivity contribution in [1.29, 1.82) is 0 Å². The summed E-state index contributed by atoms with van der Waals surface area (Å²) < 4.78 is 43.5. The molecule has 0 unspecified atom stereocenters. The Morgan fingerprint density at radius 2 is 1.85 bits per heavy atom. The van der Waals surface area contributed by atoms with Crippen LogP contribution in [0.15, 0.2) is 59.5 Å². The lowest BCUT2D eigenvalue weighted by molar-refractivity contribution is -0.159. The maximum atomic E-state index is 12.5. The standard InChI is InChI=1S/C17H11F3N6O/c18-17(19,20)16-22-15(24-27-16)12-5-3-11(4-6-12)9-26-10-14(23-25-26)13-2-1-7-21-8-13/h1-8,10H,9H2. The second-order valence-corrected chi connectivity index (χ2v) is 5.66. The third-order valence-corrected chi connectivity index (χ3v) is 3.72. The fraction of sp³-hybridized carbons (Fsp3) is 0.118. The zero-order valence-electron chi connectivity index (χ0n) is 13.6. The van der Waals surface area contributed by atoms with E-state index in [2.05, 4.69) is 30.0 Å². The number of alkyl halides is 3. The predicted octanol–water partition coefficient (Wildman–Crippen LogP) is 3.46. The number of hydrogen-bond donors (Lipinski definition) is 0. The van der Waals surface area contributed by atoms with Gasteiger partial charge in [0.1, 0.15) is 5.69 Å². The molecule has 0 bridgehead atoms. The van der Waals surface area contributed by atoms with Gasteiger partial charge in [-0.05, 0) is 17.7 Å². The number of pyridine rings is 1. The van der Waals surface area contributed by atoms with Gasteiger partial charge in [-0.25, -0.2) is 4.68 Å². The number of benzene rings is 1. The molecule has 0 atom stereocenters. The Morgan fingerprint density at radius 3 is 2.52 bits per heavy atom. The van der Waals surface area contributed by atoms with Crippen LogP contribution in [-0.4, -0.2) is 30.1 Å². The van der Waals surface area contributed by atoms with Crippen molar-refractivity contribution in [3.63, 3.8) is 0 Å². The molecular formula is C17H11F3N6O. The lowest BCUT2D eigenvalue weighted by Gasteiger charge is -2.02. The Bertz CT molecular complexity index is 1040. The summed E-state index contributed by atoms with van der Waals surface area (Å²) >= 11 is 0. The lowest BCUT2D eigenvalue weighted by atomic mass is 10.1. The minimum absolute atomic E-state index is 0.117. The monoisotopic (exact) mass is 372 g/mol. The highest BCUT2D eigenvalue weighted by Gasteiger charge is 2.38. The van der Waals surface area contributed by atoms with Gasteiger partial charge in [0, 0.05) is 23.5 Å². The molecule has 0 spiro atoms. The molecule has 3 aromatic heterocycles. The van der Waals surface area contributed by atoms with Crippen molar-refractivity contribution in [3.8, 4) is 22.6 Å². The summed E-state index contributed by atoms with van der Waals surface area (Å²) in [6.07, 6.45) is 0.504. The number of rotatable bonds is 4. The maximum Gasteiger partial charge on any atom is 0.471 e. The smallest absolute Gasteiger partial charge is 0.329 e. The molecule has 0 fully saturated rings. The SMILES string of the molecule is FC(F)(F)c1nc(-c2ccc(Cn3cc(-c4cccnc4)nn3)cc2)no1. The van der Waals surface area contributed by atoms with Crippen LogP contribution in [0.5, 0.6) is 0 Å². The molecule has 4 rings (SSSR count). The molecule has 4 aromatic rings. The van der Waals surface area contributed by atoms with Gasteiger partial charge in [0.25, 0.3) is 0 Å². The van der Waals surface area contributed by atoms with Gasteiger partial charge in [-0.2, -0.15) is 18.2 Å². The van der Waals surface area contributed by atoms with Crippen LogP contribution in [0.25, 0.3) is 22.6 Å².